The Balaban J connectivity index is 4.54. The normalized spacial score (nSPS) is 13.5. The second-order valence-corrected chi connectivity index (χ2v) is 19.7. The lowest BCUT2D eigenvalue weighted by atomic mass is 10.0. The first-order valence-corrected chi connectivity index (χ1v) is 28.9. The highest BCUT2D eigenvalue weighted by Gasteiger charge is 2.24. The van der Waals surface area contributed by atoms with Crippen molar-refractivity contribution in [3.8, 4) is 0 Å². The number of carbonyl (C=O) groups is 2. The summed E-state index contributed by atoms with van der Waals surface area (Å²) >= 11 is 0. The van der Waals surface area contributed by atoms with E-state index in [0.717, 1.165) is 77.0 Å². The van der Waals surface area contributed by atoms with Crippen molar-refractivity contribution in [2.24, 2.45) is 0 Å². The minimum Gasteiger partial charge on any atom is -0.462 e. The van der Waals surface area contributed by atoms with Gasteiger partial charge in [0.05, 0.1) is 25.2 Å². The number of nitrogens with one attached hydrogen (secondary N) is 1. The Kier molecular flexibility index (Phi) is 52.0. The van der Waals surface area contributed by atoms with Gasteiger partial charge in [-0.1, -0.05) is 262 Å². The molecule has 0 aromatic heterocycles. The molecule has 0 bridgehead atoms. The molecule has 6 nitrogen and oxygen atoms in total. The smallest absolute Gasteiger partial charge is 0.306 e. The Morgan fingerprint density at radius 2 is 0.803 bits per heavy atom. The molecule has 3 unspecified atom stereocenters. The molecule has 0 saturated heterocycles. The summed E-state index contributed by atoms with van der Waals surface area (Å²) < 4.78 is 5.93. The van der Waals surface area contributed by atoms with E-state index in [9.17, 15) is 19.8 Å². The molecule has 0 fully saturated rings. The quantitative estimate of drug-likeness (QED) is 0.0244. The fourth-order valence-corrected chi connectivity index (χ4v) is 8.79. The second-order valence-electron chi connectivity index (χ2n) is 19.7. The summed E-state index contributed by atoms with van der Waals surface area (Å²) in [5.41, 5.74) is 0. The predicted molar refractivity (Wildman–Crippen MR) is 287 cm³/mol. The van der Waals surface area contributed by atoms with E-state index in [0.29, 0.717) is 19.3 Å². The number of aliphatic hydroxyl groups is 2. The third kappa shape index (κ3) is 48.3. The van der Waals surface area contributed by atoms with Gasteiger partial charge in [0, 0.05) is 6.42 Å². The lowest BCUT2D eigenvalue weighted by Crippen LogP contribution is -2.46. The summed E-state index contributed by atoms with van der Waals surface area (Å²) in [6, 6.07) is -0.715. The van der Waals surface area contributed by atoms with Crippen molar-refractivity contribution in [3.05, 3.63) is 48.6 Å². The number of allylic oxidation sites excluding steroid dienone is 8. The molecule has 0 rings (SSSR count). The monoisotopic (exact) mass is 926 g/mol. The van der Waals surface area contributed by atoms with E-state index in [4.69, 9.17) is 4.74 Å². The first kappa shape index (κ1) is 63.8. The molecular weight excluding hydrogens is 815 g/mol. The molecule has 1 amide bonds. The van der Waals surface area contributed by atoms with Crippen LogP contribution in [0, 0.1) is 0 Å². The summed E-state index contributed by atoms with van der Waals surface area (Å²) in [6.45, 7) is 6.48. The lowest BCUT2D eigenvalue weighted by molar-refractivity contribution is -0.151. The Hall–Kier alpha value is -2.18. The third-order valence-electron chi connectivity index (χ3n) is 13.2. The highest BCUT2D eigenvalue weighted by Crippen LogP contribution is 2.18. The van der Waals surface area contributed by atoms with Crippen molar-refractivity contribution in [2.45, 2.75) is 315 Å². The van der Waals surface area contributed by atoms with Crippen molar-refractivity contribution >= 4 is 11.9 Å². The molecule has 3 atom stereocenters. The molecule has 0 heterocycles. The van der Waals surface area contributed by atoms with Crippen molar-refractivity contribution < 1.29 is 24.5 Å². The number of unbranched alkanes of at least 4 members (excludes halogenated alkanes) is 34. The van der Waals surface area contributed by atoms with Crippen molar-refractivity contribution in [2.75, 3.05) is 6.61 Å². The van der Waals surface area contributed by atoms with E-state index in [1.807, 2.05) is 0 Å². The zero-order chi connectivity index (χ0) is 48.1. The van der Waals surface area contributed by atoms with Gasteiger partial charge in [0.1, 0.15) is 6.10 Å². The van der Waals surface area contributed by atoms with E-state index in [2.05, 4.69) is 74.7 Å². The molecule has 0 saturated carbocycles. The molecule has 0 aromatic carbocycles. The van der Waals surface area contributed by atoms with Crippen LogP contribution in [0.15, 0.2) is 48.6 Å². The van der Waals surface area contributed by atoms with E-state index in [1.54, 1.807) is 0 Å². The maximum Gasteiger partial charge on any atom is 0.306 e. The maximum absolute atomic E-state index is 13.2. The molecule has 0 aromatic rings. The molecule has 0 aliphatic carbocycles. The van der Waals surface area contributed by atoms with Crippen LogP contribution < -0.4 is 5.32 Å². The van der Waals surface area contributed by atoms with Crippen LogP contribution in [-0.2, 0) is 14.3 Å². The van der Waals surface area contributed by atoms with E-state index in [1.165, 1.54) is 173 Å². The van der Waals surface area contributed by atoms with Gasteiger partial charge in [-0.2, -0.15) is 0 Å². The summed E-state index contributed by atoms with van der Waals surface area (Å²) in [5.74, 6) is -0.517. The van der Waals surface area contributed by atoms with Crippen molar-refractivity contribution in [3.63, 3.8) is 0 Å². The van der Waals surface area contributed by atoms with Gasteiger partial charge in [-0.3, -0.25) is 9.59 Å². The summed E-state index contributed by atoms with van der Waals surface area (Å²) in [4.78, 5) is 26.2. The van der Waals surface area contributed by atoms with Crippen LogP contribution in [0.1, 0.15) is 297 Å². The van der Waals surface area contributed by atoms with Crippen molar-refractivity contribution in [1.82, 2.24) is 5.32 Å². The standard InChI is InChI=1S/C60H111NO5/c1-4-7-10-13-16-19-22-25-27-29-31-33-35-38-41-44-47-50-53-60(65)66-56(51-48-45-42-39-36-24-21-18-15-12-9-6-3)54-59(64)61-57(55-62)58(63)52-49-46-43-40-37-34-32-30-28-26-23-20-17-14-11-8-5-2/h22,25,27,29,31,33,39,42,56-58,62-63H,4-21,23-24,26,28,30,32,34-38,40-41,43-55H2,1-3H3,(H,61,64)/b25-22+,29-27+,33-31+,42-39-. The van der Waals surface area contributed by atoms with Gasteiger partial charge in [-0.05, 0) is 70.6 Å². The number of hydrogen-bond acceptors (Lipinski definition) is 5. The first-order valence-electron chi connectivity index (χ1n) is 28.9. The molecule has 0 spiro atoms. The third-order valence-corrected chi connectivity index (χ3v) is 13.2. The van der Waals surface area contributed by atoms with Gasteiger partial charge >= 0.3 is 5.97 Å². The molecule has 0 aliphatic heterocycles. The summed E-state index contributed by atoms with van der Waals surface area (Å²) in [7, 11) is 0. The fraction of sp³-hybridized carbons (Fsp3) is 0.833. The molecule has 3 N–H and O–H groups in total. The molecular formula is C60H111NO5. The predicted octanol–water partition coefficient (Wildman–Crippen LogP) is 17.8. The second kappa shape index (κ2) is 53.8. The SMILES string of the molecule is CCCCCCC/C=C/C=C/C=C/CCCCCCCC(=O)OC(CCC/C=C\CCCCCCCCC)CC(=O)NC(CO)C(O)CCCCCCCCCCCCCCCCCCC. The van der Waals surface area contributed by atoms with Crippen LogP contribution in [0.4, 0.5) is 0 Å². The van der Waals surface area contributed by atoms with Crippen LogP contribution in [-0.4, -0.2) is 46.9 Å². The zero-order valence-electron chi connectivity index (χ0n) is 44.1. The van der Waals surface area contributed by atoms with Gasteiger partial charge in [0.25, 0.3) is 0 Å². The number of carbonyl (C=O) groups excluding carboxylic acids is 2. The molecule has 0 radical (unpaired) electrons. The van der Waals surface area contributed by atoms with Crippen LogP contribution >= 0.6 is 0 Å². The first-order chi connectivity index (χ1) is 32.5. The number of rotatable bonds is 52. The summed E-state index contributed by atoms with van der Waals surface area (Å²) in [6.07, 6.45) is 66.1. The number of hydrogen-bond donors (Lipinski definition) is 3. The highest BCUT2D eigenvalue weighted by atomic mass is 16.5. The van der Waals surface area contributed by atoms with Crippen LogP contribution in [0.5, 0.6) is 0 Å². The van der Waals surface area contributed by atoms with Gasteiger partial charge in [0.15, 0.2) is 0 Å². The molecule has 66 heavy (non-hydrogen) atoms. The zero-order valence-corrected chi connectivity index (χ0v) is 44.1. The Labute approximate surface area is 410 Å². The number of aliphatic hydroxyl groups excluding tert-OH is 2. The van der Waals surface area contributed by atoms with Gasteiger partial charge in [0.2, 0.25) is 5.91 Å². The largest absolute Gasteiger partial charge is 0.462 e. The van der Waals surface area contributed by atoms with Crippen LogP contribution in [0.3, 0.4) is 0 Å². The van der Waals surface area contributed by atoms with E-state index in [-0.39, 0.29) is 24.9 Å². The molecule has 0 aliphatic rings. The molecule has 386 valence electrons. The van der Waals surface area contributed by atoms with Gasteiger partial charge < -0.3 is 20.3 Å². The van der Waals surface area contributed by atoms with Crippen LogP contribution in [0.25, 0.3) is 0 Å². The Morgan fingerprint density at radius 1 is 0.439 bits per heavy atom. The Bertz CT molecular complexity index is 1130. The number of ether oxygens (including phenoxy) is 1. The average Bonchev–Trinajstić information content (AvgIpc) is 3.31. The Morgan fingerprint density at radius 3 is 1.23 bits per heavy atom. The lowest BCUT2D eigenvalue weighted by Gasteiger charge is -2.24. The topological polar surface area (TPSA) is 95.9 Å². The molecule has 6 heteroatoms. The van der Waals surface area contributed by atoms with Crippen LogP contribution in [0.2, 0.25) is 0 Å². The minimum absolute atomic E-state index is 0.0496. The van der Waals surface area contributed by atoms with E-state index < -0.39 is 18.2 Å². The highest BCUT2D eigenvalue weighted by molar-refractivity contribution is 5.77. The van der Waals surface area contributed by atoms with Gasteiger partial charge in [-0.15, -0.1) is 0 Å². The fourth-order valence-electron chi connectivity index (χ4n) is 8.79. The summed E-state index contributed by atoms with van der Waals surface area (Å²) in [5, 5.41) is 23.9. The van der Waals surface area contributed by atoms with Gasteiger partial charge in [-0.25, -0.2) is 0 Å². The number of esters is 1. The maximum atomic E-state index is 13.2. The average molecular weight is 927 g/mol. The van der Waals surface area contributed by atoms with E-state index >= 15 is 0 Å². The van der Waals surface area contributed by atoms with Crippen molar-refractivity contribution in [1.29, 1.82) is 0 Å². The minimum atomic E-state index is -0.799. The number of amides is 1.